The van der Waals surface area contributed by atoms with Gasteiger partial charge in [0, 0.05) is 17.3 Å². The lowest BCUT2D eigenvalue weighted by molar-refractivity contribution is 0.250. The van der Waals surface area contributed by atoms with E-state index in [9.17, 15) is 4.79 Å². The number of ether oxygens (including phenoxy) is 1. The standard InChI is InChI=1S/C20H24BrClN2O2/c1-20(2,3)14-8-9-18(17(21)12-14)26-11-5-10-23-19(25)24-16-7-4-6-15(22)13-16/h4,6-9,12-13H,5,10-11H2,1-3H3,(H2,23,24,25). The third kappa shape index (κ3) is 6.54. The Kier molecular flexibility index (Phi) is 7.35. The van der Waals surface area contributed by atoms with Gasteiger partial charge in [-0.1, -0.05) is 44.5 Å². The summed E-state index contributed by atoms with van der Waals surface area (Å²) in [5.74, 6) is 0.807. The van der Waals surface area contributed by atoms with Crippen molar-refractivity contribution in [2.45, 2.75) is 32.6 Å². The lowest BCUT2D eigenvalue weighted by atomic mass is 9.87. The van der Waals surface area contributed by atoms with Crippen LogP contribution in [0.15, 0.2) is 46.9 Å². The molecule has 6 heteroatoms. The molecule has 0 fully saturated rings. The fourth-order valence-corrected chi connectivity index (χ4v) is 2.97. The first-order valence-corrected chi connectivity index (χ1v) is 9.66. The molecule has 0 atom stereocenters. The number of amides is 2. The van der Waals surface area contributed by atoms with E-state index in [-0.39, 0.29) is 11.4 Å². The number of nitrogens with one attached hydrogen (secondary N) is 2. The molecule has 0 saturated heterocycles. The second kappa shape index (κ2) is 9.28. The molecule has 0 unspecified atom stereocenters. The van der Waals surface area contributed by atoms with E-state index < -0.39 is 0 Å². The largest absolute Gasteiger partial charge is 0.492 e. The van der Waals surface area contributed by atoms with Gasteiger partial charge in [0.2, 0.25) is 0 Å². The van der Waals surface area contributed by atoms with Crippen LogP contribution >= 0.6 is 27.5 Å². The number of urea groups is 1. The van der Waals surface area contributed by atoms with E-state index in [0.717, 1.165) is 10.2 Å². The van der Waals surface area contributed by atoms with Gasteiger partial charge in [-0.2, -0.15) is 0 Å². The molecule has 0 aromatic heterocycles. The van der Waals surface area contributed by atoms with Crippen molar-refractivity contribution in [3.05, 3.63) is 57.5 Å². The summed E-state index contributed by atoms with van der Waals surface area (Å²) in [5.41, 5.74) is 2.01. The number of hydrogen-bond donors (Lipinski definition) is 2. The van der Waals surface area contributed by atoms with Crippen LogP contribution in [0.3, 0.4) is 0 Å². The van der Waals surface area contributed by atoms with E-state index in [4.69, 9.17) is 16.3 Å². The Hall–Kier alpha value is -1.72. The third-order valence-electron chi connectivity index (χ3n) is 3.74. The maximum Gasteiger partial charge on any atom is 0.319 e. The number of benzene rings is 2. The predicted molar refractivity (Wildman–Crippen MR) is 111 cm³/mol. The minimum absolute atomic E-state index is 0.0985. The summed E-state index contributed by atoms with van der Waals surface area (Å²) in [6, 6.07) is 12.9. The summed E-state index contributed by atoms with van der Waals surface area (Å²) in [4.78, 5) is 11.8. The summed E-state index contributed by atoms with van der Waals surface area (Å²) in [5, 5.41) is 6.12. The summed E-state index contributed by atoms with van der Waals surface area (Å²) < 4.78 is 6.73. The Morgan fingerprint density at radius 3 is 2.62 bits per heavy atom. The van der Waals surface area contributed by atoms with Crippen molar-refractivity contribution in [1.29, 1.82) is 0 Å². The fourth-order valence-electron chi connectivity index (χ4n) is 2.28. The lowest BCUT2D eigenvalue weighted by Crippen LogP contribution is -2.30. The van der Waals surface area contributed by atoms with Crippen LogP contribution in [0.1, 0.15) is 32.8 Å². The highest BCUT2D eigenvalue weighted by Gasteiger charge is 2.15. The molecular formula is C20H24BrClN2O2. The fraction of sp³-hybridized carbons (Fsp3) is 0.350. The highest BCUT2D eigenvalue weighted by atomic mass is 79.9. The average molecular weight is 440 g/mol. The maximum absolute atomic E-state index is 11.8. The van der Waals surface area contributed by atoms with Gasteiger partial charge >= 0.3 is 6.03 Å². The number of carbonyl (C=O) groups excluding carboxylic acids is 1. The Morgan fingerprint density at radius 2 is 1.96 bits per heavy atom. The van der Waals surface area contributed by atoms with Gasteiger partial charge in [-0.15, -0.1) is 0 Å². The monoisotopic (exact) mass is 438 g/mol. The number of hydrogen-bond acceptors (Lipinski definition) is 2. The van der Waals surface area contributed by atoms with E-state index in [1.165, 1.54) is 5.56 Å². The van der Waals surface area contributed by atoms with Gasteiger partial charge in [0.05, 0.1) is 11.1 Å². The van der Waals surface area contributed by atoms with Crippen LogP contribution in [0.4, 0.5) is 10.5 Å². The van der Waals surface area contributed by atoms with Gasteiger partial charge in [0.1, 0.15) is 5.75 Å². The molecule has 2 aromatic rings. The molecule has 0 aliphatic carbocycles. The van der Waals surface area contributed by atoms with Crippen molar-refractivity contribution in [2.24, 2.45) is 0 Å². The Morgan fingerprint density at radius 1 is 1.19 bits per heavy atom. The predicted octanol–water partition coefficient (Wildman–Crippen LogP) is 5.99. The van der Waals surface area contributed by atoms with Gasteiger partial charge in [0.25, 0.3) is 0 Å². The van der Waals surface area contributed by atoms with Crippen molar-refractivity contribution in [1.82, 2.24) is 5.32 Å². The maximum atomic E-state index is 11.8. The molecule has 4 nitrogen and oxygen atoms in total. The van der Waals surface area contributed by atoms with Crippen LogP contribution in [0.2, 0.25) is 5.02 Å². The molecule has 0 spiro atoms. The number of anilines is 1. The molecule has 2 rings (SSSR count). The first-order chi connectivity index (χ1) is 12.3. The molecule has 0 aliphatic rings. The van der Waals surface area contributed by atoms with Crippen LogP contribution in [0.5, 0.6) is 5.75 Å². The van der Waals surface area contributed by atoms with E-state index >= 15 is 0 Å². The highest BCUT2D eigenvalue weighted by Crippen LogP contribution is 2.31. The quantitative estimate of drug-likeness (QED) is 0.543. The molecule has 0 aliphatic heterocycles. The van der Waals surface area contributed by atoms with Crippen LogP contribution in [0, 0.1) is 0 Å². The Balaban J connectivity index is 1.71. The molecule has 0 heterocycles. The zero-order chi connectivity index (χ0) is 19.2. The summed E-state index contributed by atoms with van der Waals surface area (Å²) >= 11 is 9.45. The van der Waals surface area contributed by atoms with Crippen LogP contribution in [-0.2, 0) is 5.41 Å². The second-order valence-corrected chi connectivity index (χ2v) is 8.28. The SMILES string of the molecule is CC(C)(C)c1ccc(OCCCNC(=O)Nc2cccc(Cl)c2)c(Br)c1. The molecule has 2 aromatic carbocycles. The molecule has 0 radical (unpaired) electrons. The van der Waals surface area contributed by atoms with Crippen molar-refractivity contribution in [2.75, 3.05) is 18.5 Å². The average Bonchev–Trinajstić information content (AvgIpc) is 2.55. The van der Waals surface area contributed by atoms with E-state index in [1.807, 2.05) is 6.07 Å². The lowest BCUT2D eigenvalue weighted by Gasteiger charge is -2.20. The molecule has 2 N–H and O–H groups in total. The smallest absolute Gasteiger partial charge is 0.319 e. The molecule has 0 bridgehead atoms. The Bertz CT molecular complexity index is 760. The van der Waals surface area contributed by atoms with Crippen molar-refractivity contribution in [3.8, 4) is 5.75 Å². The summed E-state index contributed by atoms with van der Waals surface area (Å²) in [6.07, 6.45) is 0.705. The number of halogens is 2. The van der Waals surface area contributed by atoms with Gasteiger partial charge in [0.15, 0.2) is 0 Å². The molecule has 0 saturated carbocycles. The van der Waals surface area contributed by atoms with Crippen LogP contribution < -0.4 is 15.4 Å². The third-order valence-corrected chi connectivity index (χ3v) is 4.60. The molecule has 2 amide bonds. The van der Waals surface area contributed by atoms with Crippen molar-refractivity contribution in [3.63, 3.8) is 0 Å². The molecular weight excluding hydrogens is 416 g/mol. The normalized spacial score (nSPS) is 11.1. The van der Waals surface area contributed by atoms with Gasteiger partial charge in [-0.05, 0) is 63.7 Å². The first-order valence-electron chi connectivity index (χ1n) is 8.49. The number of rotatable bonds is 6. The van der Waals surface area contributed by atoms with E-state index in [0.29, 0.717) is 30.3 Å². The highest BCUT2D eigenvalue weighted by molar-refractivity contribution is 9.10. The first kappa shape index (κ1) is 20.6. The zero-order valence-corrected chi connectivity index (χ0v) is 17.6. The minimum atomic E-state index is -0.261. The Labute approximate surface area is 168 Å². The molecule has 26 heavy (non-hydrogen) atoms. The van der Waals surface area contributed by atoms with Gasteiger partial charge in [-0.25, -0.2) is 4.79 Å². The topological polar surface area (TPSA) is 50.4 Å². The summed E-state index contributed by atoms with van der Waals surface area (Å²) in [7, 11) is 0. The minimum Gasteiger partial charge on any atom is -0.492 e. The second-order valence-electron chi connectivity index (χ2n) is 6.99. The summed E-state index contributed by atoms with van der Waals surface area (Å²) in [6.45, 7) is 7.56. The van der Waals surface area contributed by atoms with Gasteiger partial charge < -0.3 is 15.4 Å². The van der Waals surface area contributed by atoms with Gasteiger partial charge in [-0.3, -0.25) is 0 Å². The zero-order valence-electron chi connectivity index (χ0n) is 15.2. The van der Waals surface area contributed by atoms with Crippen molar-refractivity contribution < 1.29 is 9.53 Å². The van der Waals surface area contributed by atoms with Crippen molar-refractivity contribution >= 4 is 39.2 Å². The van der Waals surface area contributed by atoms with E-state index in [1.54, 1.807) is 24.3 Å². The molecule has 140 valence electrons. The van der Waals surface area contributed by atoms with E-state index in [2.05, 4.69) is 59.5 Å². The number of carbonyl (C=O) groups is 1. The van der Waals surface area contributed by atoms with Crippen LogP contribution in [-0.4, -0.2) is 19.2 Å². The van der Waals surface area contributed by atoms with Crippen LogP contribution in [0.25, 0.3) is 0 Å².